The third-order valence-electron chi connectivity index (χ3n) is 3.76. The zero-order valence-electron chi connectivity index (χ0n) is 10.7. The fourth-order valence-corrected chi connectivity index (χ4v) is 3.12. The van der Waals surface area contributed by atoms with Gasteiger partial charge >= 0.3 is 0 Å². The summed E-state index contributed by atoms with van der Waals surface area (Å²) in [5, 5.41) is 4.58. The number of H-pyrrole nitrogens is 1. The van der Waals surface area contributed by atoms with Gasteiger partial charge in [0.25, 0.3) is 5.56 Å². The molecule has 1 unspecified atom stereocenters. The van der Waals surface area contributed by atoms with Crippen LogP contribution in [0.3, 0.4) is 0 Å². The van der Waals surface area contributed by atoms with E-state index < -0.39 is 0 Å². The monoisotopic (exact) mass is 320 g/mol. The molecular formula is C15H17BrN2O. The number of benzene rings is 1. The van der Waals surface area contributed by atoms with Crippen molar-refractivity contribution in [3.8, 4) is 0 Å². The van der Waals surface area contributed by atoms with Gasteiger partial charge in [-0.25, -0.2) is 0 Å². The van der Waals surface area contributed by atoms with Crippen LogP contribution in [0.4, 0.5) is 0 Å². The molecule has 1 aromatic carbocycles. The lowest BCUT2D eigenvalue weighted by molar-refractivity contribution is 0.398. The molecule has 0 saturated carbocycles. The lowest BCUT2D eigenvalue weighted by Crippen LogP contribution is -2.36. The largest absolute Gasteiger partial charge is 0.322 e. The maximum Gasteiger partial charge on any atom is 0.251 e. The number of pyridine rings is 1. The highest BCUT2D eigenvalue weighted by atomic mass is 79.9. The van der Waals surface area contributed by atoms with E-state index in [9.17, 15) is 4.79 Å². The highest BCUT2D eigenvalue weighted by Crippen LogP contribution is 2.19. The fraction of sp³-hybridized carbons (Fsp3) is 0.400. The molecule has 2 N–H and O–H groups in total. The Kier molecular flexibility index (Phi) is 3.71. The number of aromatic amines is 1. The van der Waals surface area contributed by atoms with E-state index in [1.165, 1.54) is 12.8 Å². The topological polar surface area (TPSA) is 44.9 Å². The highest BCUT2D eigenvalue weighted by Gasteiger charge is 2.15. The minimum Gasteiger partial charge on any atom is -0.322 e. The number of fused-ring (bicyclic) bond motifs is 1. The van der Waals surface area contributed by atoms with E-state index in [1.54, 1.807) is 0 Å². The number of hydrogen-bond acceptors (Lipinski definition) is 2. The van der Waals surface area contributed by atoms with Crippen molar-refractivity contribution >= 4 is 26.8 Å². The normalized spacial score (nSPS) is 19.7. The van der Waals surface area contributed by atoms with Crippen LogP contribution in [0.15, 0.2) is 33.5 Å². The predicted octanol–water partition coefficient (Wildman–Crippen LogP) is 2.98. The van der Waals surface area contributed by atoms with Crippen LogP contribution in [0.1, 0.15) is 24.8 Å². The highest BCUT2D eigenvalue weighted by molar-refractivity contribution is 9.10. The van der Waals surface area contributed by atoms with E-state index in [-0.39, 0.29) is 5.56 Å². The number of nitrogens with one attached hydrogen (secondary N) is 2. The Morgan fingerprint density at radius 3 is 2.95 bits per heavy atom. The average molecular weight is 321 g/mol. The Labute approximate surface area is 120 Å². The minimum atomic E-state index is 0.0437. The standard InChI is InChI=1S/C15H17BrN2O/c16-12-4-5-14-10(8-12)7-11(15(19)18-14)9-13-3-1-2-6-17-13/h4-5,7-8,13,17H,1-3,6,9H2,(H,18,19). The van der Waals surface area contributed by atoms with Crippen molar-refractivity contribution in [1.29, 1.82) is 0 Å². The smallest absolute Gasteiger partial charge is 0.251 e. The summed E-state index contributed by atoms with van der Waals surface area (Å²) >= 11 is 3.47. The Morgan fingerprint density at radius 2 is 2.16 bits per heavy atom. The van der Waals surface area contributed by atoms with Crippen LogP contribution < -0.4 is 10.9 Å². The molecular weight excluding hydrogens is 304 g/mol. The molecule has 1 atom stereocenters. The van der Waals surface area contributed by atoms with Gasteiger partial charge in [0.2, 0.25) is 0 Å². The van der Waals surface area contributed by atoms with Gasteiger partial charge in [0, 0.05) is 21.6 Å². The summed E-state index contributed by atoms with van der Waals surface area (Å²) in [5.74, 6) is 0. The Hall–Kier alpha value is -1.13. The lowest BCUT2D eigenvalue weighted by Gasteiger charge is -2.23. The van der Waals surface area contributed by atoms with E-state index >= 15 is 0 Å². The minimum absolute atomic E-state index is 0.0437. The molecule has 0 bridgehead atoms. The molecule has 1 aliphatic heterocycles. The van der Waals surface area contributed by atoms with Crippen LogP contribution in [-0.4, -0.2) is 17.6 Å². The van der Waals surface area contributed by atoms with Gasteiger partial charge in [0.1, 0.15) is 0 Å². The van der Waals surface area contributed by atoms with Gasteiger partial charge in [-0.2, -0.15) is 0 Å². The SMILES string of the molecule is O=c1[nH]c2ccc(Br)cc2cc1CC1CCCCN1. The predicted molar refractivity (Wildman–Crippen MR) is 81.6 cm³/mol. The summed E-state index contributed by atoms with van der Waals surface area (Å²) < 4.78 is 1.04. The van der Waals surface area contributed by atoms with Gasteiger partial charge in [0.05, 0.1) is 0 Å². The number of piperidine rings is 1. The van der Waals surface area contributed by atoms with Gasteiger partial charge in [-0.3, -0.25) is 4.79 Å². The van der Waals surface area contributed by atoms with Crippen molar-refractivity contribution in [2.45, 2.75) is 31.7 Å². The first kappa shape index (κ1) is 12.9. The molecule has 0 aliphatic carbocycles. The lowest BCUT2D eigenvalue weighted by atomic mass is 9.98. The van der Waals surface area contributed by atoms with Crippen molar-refractivity contribution in [2.75, 3.05) is 6.54 Å². The van der Waals surface area contributed by atoms with Crippen LogP contribution >= 0.6 is 15.9 Å². The van der Waals surface area contributed by atoms with Gasteiger partial charge in [-0.1, -0.05) is 22.4 Å². The molecule has 1 saturated heterocycles. The number of rotatable bonds is 2. The van der Waals surface area contributed by atoms with Crippen molar-refractivity contribution in [3.63, 3.8) is 0 Å². The summed E-state index contributed by atoms with van der Waals surface area (Å²) in [6.07, 6.45) is 4.49. The Balaban J connectivity index is 1.93. The summed E-state index contributed by atoms with van der Waals surface area (Å²) in [5.41, 5.74) is 1.82. The third kappa shape index (κ3) is 2.90. The Morgan fingerprint density at radius 1 is 1.26 bits per heavy atom. The molecule has 3 rings (SSSR count). The first-order chi connectivity index (χ1) is 9.22. The Bertz CT molecular complexity index is 644. The molecule has 4 heteroatoms. The fourth-order valence-electron chi connectivity index (χ4n) is 2.74. The first-order valence-corrected chi connectivity index (χ1v) is 7.56. The van der Waals surface area contributed by atoms with Gasteiger partial charge < -0.3 is 10.3 Å². The maximum absolute atomic E-state index is 12.1. The molecule has 2 heterocycles. The molecule has 1 aliphatic rings. The molecule has 0 amide bonds. The quantitative estimate of drug-likeness (QED) is 0.893. The van der Waals surface area contributed by atoms with Crippen LogP contribution in [-0.2, 0) is 6.42 Å². The summed E-state index contributed by atoms with van der Waals surface area (Å²) in [6, 6.07) is 8.39. The molecule has 100 valence electrons. The van der Waals surface area contributed by atoms with Crippen molar-refractivity contribution in [1.82, 2.24) is 10.3 Å². The second kappa shape index (κ2) is 5.47. The summed E-state index contributed by atoms with van der Waals surface area (Å²) in [7, 11) is 0. The number of hydrogen-bond donors (Lipinski definition) is 2. The third-order valence-corrected chi connectivity index (χ3v) is 4.26. The molecule has 1 aromatic heterocycles. The molecule has 0 spiro atoms. The van der Waals surface area contributed by atoms with E-state index in [2.05, 4.69) is 26.2 Å². The van der Waals surface area contributed by atoms with Crippen molar-refractivity contribution < 1.29 is 0 Å². The molecule has 1 fully saturated rings. The second-order valence-electron chi connectivity index (χ2n) is 5.21. The van der Waals surface area contributed by atoms with E-state index in [0.29, 0.717) is 6.04 Å². The van der Waals surface area contributed by atoms with E-state index in [4.69, 9.17) is 0 Å². The first-order valence-electron chi connectivity index (χ1n) is 6.77. The van der Waals surface area contributed by atoms with E-state index in [1.807, 2.05) is 24.3 Å². The zero-order chi connectivity index (χ0) is 13.2. The van der Waals surface area contributed by atoms with E-state index in [0.717, 1.165) is 40.3 Å². The van der Waals surface area contributed by atoms with Gasteiger partial charge in [-0.05, 0) is 55.5 Å². The van der Waals surface area contributed by atoms with Crippen molar-refractivity contribution in [3.05, 3.63) is 44.7 Å². The van der Waals surface area contributed by atoms with Crippen LogP contribution in [0, 0.1) is 0 Å². The molecule has 2 aromatic rings. The van der Waals surface area contributed by atoms with Crippen LogP contribution in [0.25, 0.3) is 10.9 Å². The second-order valence-corrected chi connectivity index (χ2v) is 6.12. The number of halogens is 1. The number of aromatic nitrogens is 1. The summed E-state index contributed by atoms with van der Waals surface area (Å²) in [6.45, 7) is 1.07. The average Bonchev–Trinajstić information content (AvgIpc) is 2.41. The van der Waals surface area contributed by atoms with Crippen LogP contribution in [0.5, 0.6) is 0 Å². The molecule has 3 nitrogen and oxygen atoms in total. The maximum atomic E-state index is 12.1. The molecule has 19 heavy (non-hydrogen) atoms. The van der Waals surface area contributed by atoms with Crippen LogP contribution in [0.2, 0.25) is 0 Å². The molecule has 0 radical (unpaired) electrons. The zero-order valence-corrected chi connectivity index (χ0v) is 12.3. The van der Waals surface area contributed by atoms with Crippen molar-refractivity contribution in [2.24, 2.45) is 0 Å². The summed E-state index contributed by atoms with van der Waals surface area (Å²) in [4.78, 5) is 15.1. The van der Waals surface area contributed by atoms with Gasteiger partial charge in [0.15, 0.2) is 0 Å². The van der Waals surface area contributed by atoms with Gasteiger partial charge in [-0.15, -0.1) is 0 Å².